The highest BCUT2D eigenvalue weighted by atomic mass is 35.5. The fourth-order valence-corrected chi connectivity index (χ4v) is 4.00. The van der Waals surface area contributed by atoms with Gasteiger partial charge in [0.25, 0.3) is 5.91 Å². The number of hydrogen-bond donors (Lipinski definition) is 2. The molecule has 0 bridgehead atoms. The first kappa shape index (κ1) is 21.9. The summed E-state index contributed by atoms with van der Waals surface area (Å²) < 4.78 is 5.41. The molecule has 7 heteroatoms. The summed E-state index contributed by atoms with van der Waals surface area (Å²) in [6.07, 6.45) is 2.28. The molecular formula is C22H27Cl2N3O2. The van der Waals surface area contributed by atoms with E-state index in [1.807, 2.05) is 30.3 Å². The maximum atomic E-state index is 12.7. The monoisotopic (exact) mass is 435 g/mol. The summed E-state index contributed by atoms with van der Waals surface area (Å²) in [4.78, 5) is 14.9. The molecule has 2 N–H and O–H groups in total. The maximum absolute atomic E-state index is 12.7. The van der Waals surface area contributed by atoms with Crippen LogP contribution in [0.5, 0.6) is 0 Å². The third kappa shape index (κ3) is 5.64. The number of nitrogens with zero attached hydrogens (tertiary/aromatic N) is 1. The molecule has 0 spiro atoms. The standard InChI is InChI=1S/C22H26ClN3O2.ClH/c23-20-6-5-19(26-9-11-28-12-10-26)14-21(20)25-22(27)18-3-1-16(2-4-18)13-17-7-8-24-15-17;/h1-6,14,17,24H,7-13,15H2,(H,25,27);1H. The van der Waals surface area contributed by atoms with Gasteiger partial charge in [-0.25, -0.2) is 0 Å². The van der Waals surface area contributed by atoms with Gasteiger partial charge in [-0.15, -0.1) is 12.4 Å². The van der Waals surface area contributed by atoms with Crippen molar-refractivity contribution >= 4 is 41.3 Å². The van der Waals surface area contributed by atoms with Gasteiger partial charge in [0, 0.05) is 24.3 Å². The molecular weight excluding hydrogens is 409 g/mol. The van der Waals surface area contributed by atoms with Gasteiger partial charge in [0.2, 0.25) is 0 Å². The molecule has 2 aliphatic heterocycles. The van der Waals surface area contributed by atoms with Crippen LogP contribution in [0.3, 0.4) is 0 Å². The Morgan fingerprint density at radius 3 is 2.62 bits per heavy atom. The van der Waals surface area contributed by atoms with Crippen LogP contribution >= 0.6 is 24.0 Å². The van der Waals surface area contributed by atoms with E-state index in [4.69, 9.17) is 16.3 Å². The van der Waals surface area contributed by atoms with Crippen molar-refractivity contribution in [3.63, 3.8) is 0 Å². The third-order valence-electron chi connectivity index (χ3n) is 5.48. The second kappa shape index (κ2) is 10.3. The van der Waals surface area contributed by atoms with Crippen molar-refractivity contribution in [2.75, 3.05) is 49.6 Å². The van der Waals surface area contributed by atoms with Gasteiger partial charge in [-0.2, -0.15) is 0 Å². The van der Waals surface area contributed by atoms with Crippen LogP contribution in [-0.4, -0.2) is 45.3 Å². The van der Waals surface area contributed by atoms with Crippen LogP contribution in [-0.2, 0) is 11.2 Å². The number of benzene rings is 2. The van der Waals surface area contributed by atoms with Crippen LogP contribution in [0.1, 0.15) is 22.3 Å². The summed E-state index contributed by atoms with van der Waals surface area (Å²) >= 11 is 6.32. The molecule has 2 fully saturated rings. The Balaban J connectivity index is 0.00000240. The molecule has 0 aliphatic carbocycles. The highest BCUT2D eigenvalue weighted by Crippen LogP contribution is 2.28. The van der Waals surface area contributed by atoms with Gasteiger partial charge >= 0.3 is 0 Å². The van der Waals surface area contributed by atoms with Gasteiger partial charge in [0.15, 0.2) is 0 Å². The fourth-order valence-electron chi connectivity index (χ4n) is 3.84. The molecule has 1 amide bonds. The number of ether oxygens (including phenoxy) is 1. The van der Waals surface area contributed by atoms with E-state index in [1.165, 1.54) is 12.0 Å². The van der Waals surface area contributed by atoms with Crippen molar-refractivity contribution in [2.24, 2.45) is 5.92 Å². The molecule has 4 rings (SSSR count). The summed E-state index contributed by atoms with van der Waals surface area (Å²) in [5, 5.41) is 6.89. The molecule has 5 nitrogen and oxygen atoms in total. The lowest BCUT2D eigenvalue weighted by atomic mass is 9.98. The van der Waals surface area contributed by atoms with E-state index < -0.39 is 0 Å². The molecule has 1 unspecified atom stereocenters. The lowest BCUT2D eigenvalue weighted by molar-refractivity contribution is 0.102. The number of hydrogen-bond acceptors (Lipinski definition) is 4. The minimum absolute atomic E-state index is 0. The molecule has 2 heterocycles. The van der Waals surface area contributed by atoms with E-state index in [-0.39, 0.29) is 18.3 Å². The van der Waals surface area contributed by atoms with Crippen LogP contribution < -0.4 is 15.5 Å². The summed E-state index contributed by atoms with van der Waals surface area (Å²) in [6, 6.07) is 13.7. The Hall–Kier alpha value is -1.79. The molecule has 2 saturated heterocycles. The molecule has 2 aromatic rings. The minimum Gasteiger partial charge on any atom is -0.378 e. The predicted octanol–water partition coefficient (Wildman–Crippen LogP) is 4.00. The number of carbonyl (C=O) groups is 1. The molecule has 29 heavy (non-hydrogen) atoms. The maximum Gasteiger partial charge on any atom is 0.255 e. The normalized spacial score (nSPS) is 18.9. The quantitative estimate of drug-likeness (QED) is 0.744. The summed E-state index contributed by atoms with van der Waals surface area (Å²) in [6.45, 7) is 5.30. The zero-order chi connectivity index (χ0) is 19.3. The molecule has 1 atom stereocenters. The van der Waals surface area contributed by atoms with E-state index >= 15 is 0 Å². The Morgan fingerprint density at radius 2 is 1.93 bits per heavy atom. The second-order valence-corrected chi connectivity index (χ2v) is 7.88. The lowest BCUT2D eigenvalue weighted by Gasteiger charge is -2.29. The number of rotatable bonds is 5. The third-order valence-corrected chi connectivity index (χ3v) is 5.81. The smallest absolute Gasteiger partial charge is 0.255 e. The van der Waals surface area contributed by atoms with Gasteiger partial charge in [-0.1, -0.05) is 23.7 Å². The summed E-state index contributed by atoms with van der Waals surface area (Å²) in [5.74, 6) is 0.552. The van der Waals surface area contributed by atoms with Gasteiger partial charge < -0.3 is 20.3 Å². The molecule has 0 aromatic heterocycles. The summed E-state index contributed by atoms with van der Waals surface area (Å²) in [7, 11) is 0. The minimum atomic E-state index is -0.143. The fraction of sp³-hybridized carbons (Fsp3) is 0.409. The van der Waals surface area contributed by atoms with E-state index in [0.29, 0.717) is 35.4 Å². The Labute approximate surface area is 183 Å². The average molecular weight is 436 g/mol. The Bertz CT molecular complexity index is 817. The highest BCUT2D eigenvalue weighted by Gasteiger charge is 2.16. The van der Waals surface area contributed by atoms with Crippen LogP contribution in [0, 0.1) is 5.92 Å². The van der Waals surface area contributed by atoms with Gasteiger partial charge in [-0.3, -0.25) is 4.79 Å². The molecule has 2 aliphatic rings. The van der Waals surface area contributed by atoms with Crippen molar-refractivity contribution < 1.29 is 9.53 Å². The number of morpholine rings is 1. The molecule has 156 valence electrons. The lowest BCUT2D eigenvalue weighted by Crippen LogP contribution is -2.36. The SMILES string of the molecule is Cl.O=C(Nc1cc(N2CCOCC2)ccc1Cl)c1ccc(CC2CCNC2)cc1. The van der Waals surface area contributed by atoms with Crippen molar-refractivity contribution in [2.45, 2.75) is 12.8 Å². The molecule has 2 aromatic carbocycles. The average Bonchev–Trinajstić information content (AvgIpc) is 3.24. The number of halogens is 2. The molecule has 0 radical (unpaired) electrons. The van der Waals surface area contributed by atoms with Crippen LogP contribution in [0.25, 0.3) is 0 Å². The number of carbonyl (C=O) groups excluding carboxylic acids is 1. The second-order valence-electron chi connectivity index (χ2n) is 7.48. The Morgan fingerprint density at radius 1 is 1.17 bits per heavy atom. The van der Waals surface area contributed by atoms with E-state index in [9.17, 15) is 4.79 Å². The van der Waals surface area contributed by atoms with Crippen molar-refractivity contribution in [3.05, 3.63) is 58.6 Å². The van der Waals surface area contributed by atoms with Gasteiger partial charge in [0.05, 0.1) is 23.9 Å². The first-order valence-electron chi connectivity index (χ1n) is 9.92. The van der Waals surface area contributed by atoms with Crippen LogP contribution in [0.2, 0.25) is 5.02 Å². The highest BCUT2D eigenvalue weighted by molar-refractivity contribution is 6.34. The van der Waals surface area contributed by atoms with Gasteiger partial charge in [0.1, 0.15) is 0 Å². The van der Waals surface area contributed by atoms with Crippen molar-refractivity contribution in [1.29, 1.82) is 0 Å². The van der Waals surface area contributed by atoms with Crippen LogP contribution in [0.4, 0.5) is 11.4 Å². The number of amides is 1. The van der Waals surface area contributed by atoms with Crippen LogP contribution in [0.15, 0.2) is 42.5 Å². The van der Waals surface area contributed by atoms with E-state index in [0.717, 1.165) is 38.3 Å². The molecule has 0 saturated carbocycles. The van der Waals surface area contributed by atoms with E-state index in [1.54, 1.807) is 0 Å². The zero-order valence-corrected chi connectivity index (χ0v) is 17.9. The number of nitrogens with one attached hydrogen (secondary N) is 2. The zero-order valence-electron chi connectivity index (χ0n) is 16.3. The largest absolute Gasteiger partial charge is 0.378 e. The van der Waals surface area contributed by atoms with E-state index in [2.05, 4.69) is 27.7 Å². The first-order chi connectivity index (χ1) is 13.7. The topological polar surface area (TPSA) is 53.6 Å². The Kier molecular flexibility index (Phi) is 7.78. The van der Waals surface area contributed by atoms with Gasteiger partial charge in [-0.05, 0) is 67.7 Å². The van der Waals surface area contributed by atoms with Crippen molar-refractivity contribution in [1.82, 2.24) is 5.32 Å². The summed E-state index contributed by atoms with van der Waals surface area (Å²) in [5.41, 5.74) is 3.60. The van der Waals surface area contributed by atoms with Crippen molar-refractivity contribution in [3.8, 4) is 0 Å². The number of anilines is 2. The first-order valence-corrected chi connectivity index (χ1v) is 10.3. The predicted molar refractivity (Wildman–Crippen MR) is 121 cm³/mol.